The molecule has 3 rings (SSSR count). The molecule has 2 aromatic carbocycles. The van der Waals surface area contributed by atoms with Crippen molar-refractivity contribution in [2.45, 2.75) is 19.4 Å². The molecule has 6 heteroatoms. The number of carbonyl (C=O) groups is 1. The molecule has 1 heterocycles. The van der Waals surface area contributed by atoms with Crippen molar-refractivity contribution in [1.82, 2.24) is 4.90 Å². The molecule has 0 saturated carbocycles. The fraction of sp³-hybridized carbons (Fsp3) is 0.350. The van der Waals surface area contributed by atoms with E-state index in [4.69, 9.17) is 16.3 Å². The highest BCUT2D eigenvalue weighted by Gasteiger charge is 2.25. The highest BCUT2D eigenvalue weighted by Crippen LogP contribution is 2.25. The first-order chi connectivity index (χ1) is 12.4. The van der Waals surface area contributed by atoms with Gasteiger partial charge in [-0.25, -0.2) is 4.39 Å². The lowest BCUT2D eigenvalue weighted by Gasteiger charge is -2.34. The number of piperidine rings is 1. The molecule has 1 fully saturated rings. The predicted octanol–water partition coefficient (Wildman–Crippen LogP) is 4.45. The van der Waals surface area contributed by atoms with E-state index < -0.39 is 5.82 Å². The molecule has 0 aliphatic carbocycles. The molecule has 0 spiro atoms. The highest BCUT2D eigenvalue weighted by atomic mass is 35.5. The minimum atomic E-state index is -0.478. The molecule has 2 aromatic rings. The first-order valence-corrected chi connectivity index (χ1v) is 9.02. The van der Waals surface area contributed by atoms with Crippen LogP contribution in [0.15, 0.2) is 42.5 Å². The van der Waals surface area contributed by atoms with E-state index in [-0.39, 0.29) is 22.6 Å². The van der Waals surface area contributed by atoms with Crippen LogP contribution < -0.4 is 10.1 Å². The number of amides is 1. The second-order valence-corrected chi connectivity index (χ2v) is 7.20. The van der Waals surface area contributed by atoms with Gasteiger partial charge in [0.05, 0.1) is 10.6 Å². The van der Waals surface area contributed by atoms with Crippen LogP contribution in [0, 0.1) is 11.7 Å². The Kier molecular flexibility index (Phi) is 5.79. The summed E-state index contributed by atoms with van der Waals surface area (Å²) in [6.45, 7) is 4.20. The van der Waals surface area contributed by atoms with Crippen LogP contribution in [0.5, 0.6) is 5.75 Å². The molecule has 26 heavy (non-hydrogen) atoms. The largest absolute Gasteiger partial charge is 0.490 e. The number of nitrogens with zero attached hydrogens (tertiary/aromatic N) is 1. The van der Waals surface area contributed by atoms with Crippen LogP contribution in [0.4, 0.5) is 10.1 Å². The summed E-state index contributed by atoms with van der Waals surface area (Å²) < 4.78 is 19.3. The maximum Gasteiger partial charge on any atom is 0.257 e. The number of hydrogen-bond donors (Lipinski definition) is 1. The molecule has 1 aliphatic rings. The number of halogens is 2. The average molecular weight is 377 g/mol. The van der Waals surface area contributed by atoms with Gasteiger partial charge < -0.3 is 15.0 Å². The Hall–Kier alpha value is -2.11. The highest BCUT2D eigenvalue weighted by molar-refractivity contribution is 6.34. The van der Waals surface area contributed by atoms with E-state index in [1.165, 1.54) is 12.1 Å². The van der Waals surface area contributed by atoms with Gasteiger partial charge in [-0.1, -0.05) is 24.6 Å². The number of hydrogen-bond acceptors (Lipinski definition) is 3. The Balaban J connectivity index is 1.68. The molecule has 2 atom stereocenters. The summed E-state index contributed by atoms with van der Waals surface area (Å²) in [4.78, 5) is 14.7. The molecule has 1 N–H and O–H groups in total. The number of ether oxygens (including phenoxy) is 1. The van der Waals surface area contributed by atoms with Crippen molar-refractivity contribution >= 4 is 23.2 Å². The van der Waals surface area contributed by atoms with Crippen LogP contribution in [0.2, 0.25) is 5.02 Å². The van der Waals surface area contributed by atoms with E-state index in [0.717, 1.165) is 31.3 Å². The van der Waals surface area contributed by atoms with Crippen LogP contribution in [0.3, 0.4) is 0 Å². The van der Waals surface area contributed by atoms with Crippen LogP contribution in [0.25, 0.3) is 0 Å². The first kappa shape index (κ1) is 18.7. The van der Waals surface area contributed by atoms with E-state index in [9.17, 15) is 9.18 Å². The lowest BCUT2D eigenvalue weighted by Crippen LogP contribution is -2.42. The zero-order valence-electron chi connectivity index (χ0n) is 14.8. The van der Waals surface area contributed by atoms with E-state index in [0.29, 0.717) is 11.6 Å². The predicted molar refractivity (Wildman–Crippen MR) is 101 cm³/mol. The van der Waals surface area contributed by atoms with Crippen molar-refractivity contribution < 1.29 is 13.9 Å². The molecule has 1 saturated heterocycles. The molecule has 138 valence electrons. The van der Waals surface area contributed by atoms with Gasteiger partial charge in [-0.05, 0) is 43.8 Å². The Bertz CT molecular complexity index is 799. The van der Waals surface area contributed by atoms with Crippen LogP contribution >= 0.6 is 11.6 Å². The topological polar surface area (TPSA) is 41.6 Å². The SMILES string of the molecule is C[C@@H]1CN(C)CC[C@H]1Oc1cccc(NC(=O)c2ccc(F)cc2Cl)c1. The second-order valence-electron chi connectivity index (χ2n) is 6.79. The Morgan fingerprint density at radius 2 is 2.12 bits per heavy atom. The lowest BCUT2D eigenvalue weighted by atomic mass is 9.97. The third-order valence-corrected chi connectivity index (χ3v) is 4.90. The molecule has 1 amide bonds. The summed E-state index contributed by atoms with van der Waals surface area (Å²) in [5, 5.41) is 2.86. The third-order valence-electron chi connectivity index (χ3n) is 4.58. The summed E-state index contributed by atoms with van der Waals surface area (Å²) in [6.07, 6.45) is 1.13. The van der Waals surface area contributed by atoms with E-state index >= 15 is 0 Å². The number of rotatable bonds is 4. The van der Waals surface area contributed by atoms with Gasteiger partial charge in [0.25, 0.3) is 5.91 Å². The average Bonchev–Trinajstić information content (AvgIpc) is 2.57. The maximum absolute atomic E-state index is 13.1. The quantitative estimate of drug-likeness (QED) is 0.857. The van der Waals surface area contributed by atoms with Crippen molar-refractivity contribution in [2.24, 2.45) is 5.92 Å². The summed E-state index contributed by atoms with van der Waals surface area (Å²) in [5.74, 6) is 0.286. The van der Waals surface area contributed by atoms with Gasteiger partial charge in [-0.15, -0.1) is 0 Å². The third kappa shape index (κ3) is 4.54. The van der Waals surface area contributed by atoms with Gasteiger partial charge in [-0.2, -0.15) is 0 Å². The van der Waals surface area contributed by atoms with Crippen molar-refractivity contribution in [2.75, 3.05) is 25.5 Å². The zero-order chi connectivity index (χ0) is 18.7. The summed E-state index contributed by atoms with van der Waals surface area (Å²) in [6, 6.07) is 11.0. The molecule has 0 aromatic heterocycles. The number of carbonyl (C=O) groups excluding carboxylic acids is 1. The fourth-order valence-electron chi connectivity index (χ4n) is 3.20. The number of likely N-dealkylation sites (tertiary alicyclic amines) is 1. The fourth-order valence-corrected chi connectivity index (χ4v) is 3.45. The summed E-state index contributed by atoms with van der Waals surface area (Å²) in [5.41, 5.74) is 0.830. The molecule has 0 unspecified atom stereocenters. The lowest BCUT2D eigenvalue weighted by molar-refractivity contribution is 0.0640. The van der Waals surface area contributed by atoms with Crippen LogP contribution in [-0.2, 0) is 0 Å². The molecule has 4 nitrogen and oxygen atoms in total. The Morgan fingerprint density at radius 1 is 1.31 bits per heavy atom. The van der Waals surface area contributed by atoms with E-state index in [2.05, 4.69) is 24.2 Å². The Morgan fingerprint density at radius 3 is 2.85 bits per heavy atom. The maximum atomic E-state index is 13.1. The normalized spacial score (nSPS) is 20.6. The molecule has 0 radical (unpaired) electrons. The first-order valence-electron chi connectivity index (χ1n) is 8.64. The zero-order valence-corrected chi connectivity index (χ0v) is 15.6. The second kappa shape index (κ2) is 8.06. The van der Waals surface area contributed by atoms with E-state index in [1.807, 2.05) is 12.1 Å². The number of nitrogens with one attached hydrogen (secondary N) is 1. The van der Waals surface area contributed by atoms with Crippen molar-refractivity contribution in [3.63, 3.8) is 0 Å². The van der Waals surface area contributed by atoms with Gasteiger partial charge in [0.15, 0.2) is 0 Å². The van der Waals surface area contributed by atoms with Gasteiger partial charge >= 0.3 is 0 Å². The summed E-state index contributed by atoms with van der Waals surface area (Å²) >= 11 is 5.95. The van der Waals surface area contributed by atoms with Crippen LogP contribution in [-0.4, -0.2) is 37.0 Å². The van der Waals surface area contributed by atoms with Gasteiger partial charge in [0, 0.05) is 30.8 Å². The minimum Gasteiger partial charge on any atom is -0.490 e. The standard InChI is InChI=1S/C20H22ClFN2O2/c1-13-12-24(2)9-8-19(13)26-16-5-3-4-15(11-16)23-20(25)17-7-6-14(22)10-18(17)21/h3-7,10-11,13,19H,8-9,12H2,1-2H3,(H,23,25)/t13-,19-/m1/s1. The molecular weight excluding hydrogens is 355 g/mol. The number of benzene rings is 2. The molecule has 0 bridgehead atoms. The van der Waals surface area contributed by atoms with Crippen LogP contribution in [0.1, 0.15) is 23.7 Å². The van der Waals surface area contributed by atoms with Gasteiger partial charge in [-0.3, -0.25) is 4.79 Å². The summed E-state index contributed by atoms with van der Waals surface area (Å²) in [7, 11) is 2.11. The molecular formula is C20H22ClFN2O2. The van der Waals surface area contributed by atoms with Gasteiger partial charge in [0.2, 0.25) is 0 Å². The van der Waals surface area contributed by atoms with Crippen molar-refractivity contribution in [3.8, 4) is 5.75 Å². The van der Waals surface area contributed by atoms with Gasteiger partial charge in [0.1, 0.15) is 17.7 Å². The monoisotopic (exact) mass is 376 g/mol. The molecule has 1 aliphatic heterocycles. The minimum absolute atomic E-state index is 0.0788. The van der Waals surface area contributed by atoms with Crippen molar-refractivity contribution in [1.29, 1.82) is 0 Å². The Labute approximate surface area is 157 Å². The smallest absolute Gasteiger partial charge is 0.257 e. The number of anilines is 1. The van der Waals surface area contributed by atoms with E-state index in [1.54, 1.807) is 12.1 Å². The van der Waals surface area contributed by atoms with Crippen molar-refractivity contribution in [3.05, 3.63) is 58.9 Å².